The van der Waals surface area contributed by atoms with Gasteiger partial charge in [-0.1, -0.05) is 79.9 Å². The quantitative estimate of drug-likeness (QED) is 0.468. The topological polar surface area (TPSA) is 59.0 Å². The lowest BCUT2D eigenvalue weighted by Crippen LogP contribution is -2.30. The Morgan fingerprint density at radius 3 is 2.13 bits per heavy atom. The number of hydrogen-bond donors (Lipinski definition) is 1. The number of rotatable bonds is 3. The summed E-state index contributed by atoms with van der Waals surface area (Å²) in [7, 11) is 0. The van der Waals surface area contributed by atoms with E-state index in [1.807, 2.05) is 54.6 Å². The van der Waals surface area contributed by atoms with Gasteiger partial charge in [0.05, 0.1) is 5.69 Å². The zero-order valence-corrected chi connectivity index (χ0v) is 16.8. The van der Waals surface area contributed by atoms with Gasteiger partial charge < -0.3 is 8.98 Å². The van der Waals surface area contributed by atoms with Crippen LogP contribution < -0.4 is 11.1 Å². The van der Waals surface area contributed by atoms with Crippen molar-refractivity contribution in [2.75, 3.05) is 0 Å². The van der Waals surface area contributed by atoms with Crippen molar-refractivity contribution < 1.29 is 4.42 Å². The molecule has 0 saturated heterocycles. The highest BCUT2D eigenvalue weighted by Gasteiger charge is 2.22. The second-order valence-corrected chi connectivity index (χ2v) is 8.00. The summed E-state index contributed by atoms with van der Waals surface area (Å²) in [5.41, 5.74) is 2.72. The van der Waals surface area contributed by atoms with Crippen molar-refractivity contribution in [2.45, 2.75) is 38.1 Å². The van der Waals surface area contributed by atoms with E-state index in [9.17, 15) is 4.79 Å². The van der Waals surface area contributed by atoms with E-state index in [4.69, 9.17) is 9.83 Å². The van der Waals surface area contributed by atoms with Gasteiger partial charge in [-0.05, 0) is 35.9 Å². The molecule has 1 aliphatic rings. The Bertz CT molecular complexity index is 1300. The fourth-order valence-electron chi connectivity index (χ4n) is 4.61. The molecule has 0 spiro atoms. The maximum Gasteiger partial charge on any atom is 0.347 e. The molecule has 0 unspecified atom stereocenters. The third-order valence-electron chi connectivity index (χ3n) is 6.08. The third kappa shape index (κ3) is 3.28. The first kappa shape index (κ1) is 18.6. The SMILES string of the molecule is N=c1c2c(=O)oc(-c3ccccc3)cc2cc(-c2ccccc2)n1C1CCCCC1. The lowest BCUT2D eigenvalue weighted by Gasteiger charge is -2.28. The molecule has 0 bridgehead atoms. The van der Waals surface area contributed by atoms with Gasteiger partial charge >= 0.3 is 5.63 Å². The van der Waals surface area contributed by atoms with Gasteiger partial charge in [-0.25, -0.2) is 4.79 Å². The molecule has 4 heteroatoms. The summed E-state index contributed by atoms with van der Waals surface area (Å²) in [6.07, 6.45) is 5.63. The summed E-state index contributed by atoms with van der Waals surface area (Å²) in [6.45, 7) is 0. The summed E-state index contributed by atoms with van der Waals surface area (Å²) < 4.78 is 7.72. The Kier molecular flexibility index (Phi) is 4.83. The molecule has 0 radical (unpaired) electrons. The van der Waals surface area contributed by atoms with Crippen LogP contribution in [0.1, 0.15) is 38.1 Å². The molecule has 2 aromatic carbocycles. The van der Waals surface area contributed by atoms with Gasteiger partial charge in [0.2, 0.25) is 0 Å². The first-order valence-corrected chi connectivity index (χ1v) is 10.6. The number of benzene rings is 2. The maximum absolute atomic E-state index is 13.0. The maximum atomic E-state index is 13.0. The van der Waals surface area contributed by atoms with Crippen molar-refractivity contribution in [1.82, 2.24) is 4.57 Å². The van der Waals surface area contributed by atoms with Gasteiger partial charge in [0.15, 0.2) is 0 Å². The molecule has 4 nitrogen and oxygen atoms in total. The van der Waals surface area contributed by atoms with E-state index in [-0.39, 0.29) is 11.5 Å². The Hall–Kier alpha value is -3.40. The van der Waals surface area contributed by atoms with Gasteiger partial charge in [0.1, 0.15) is 16.6 Å². The monoisotopic (exact) mass is 396 g/mol. The number of hydrogen-bond acceptors (Lipinski definition) is 3. The molecule has 1 N–H and O–H groups in total. The molecule has 1 saturated carbocycles. The average molecular weight is 396 g/mol. The second-order valence-electron chi connectivity index (χ2n) is 8.00. The van der Waals surface area contributed by atoms with Crippen LogP contribution in [-0.2, 0) is 0 Å². The van der Waals surface area contributed by atoms with E-state index in [0.29, 0.717) is 11.1 Å². The van der Waals surface area contributed by atoms with Crippen LogP contribution in [-0.4, -0.2) is 4.57 Å². The van der Waals surface area contributed by atoms with Crippen molar-refractivity contribution in [3.8, 4) is 22.6 Å². The van der Waals surface area contributed by atoms with E-state index in [0.717, 1.165) is 47.9 Å². The molecule has 0 atom stereocenters. The smallest absolute Gasteiger partial charge is 0.347 e. The number of aromatic nitrogens is 1. The molecule has 1 aliphatic carbocycles. The molecule has 2 aromatic heterocycles. The van der Waals surface area contributed by atoms with Gasteiger partial charge in [0.25, 0.3) is 0 Å². The normalized spacial score (nSPS) is 14.8. The fraction of sp³-hybridized carbons (Fsp3) is 0.231. The molecular weight excluding hydrogens is 372 g/mol. The van der Waals surface area contributed by atoms with Crippen molar-refractivity contribution in [3.05, 3.63) is 88.7 Å². The van der Waals surface area contributed by atoms with Gasteiger partial charge in [-0.15, -0.1) is 0 Å². The molecule has 0 amide bonds. The van der Waals surface area contributed by atoms with Gasteiger partial charge in [0, 0.05) is 11.6 Å². The lowest BCUT2D eigenvalue weighted by atomic mass is 9.94. The summed E-state index contributed by atoms with van der Waals surface area (Å²) >= 11 is 0. The summed E-state index contributed by atoms with van der Waals surface area (Å²) in [6, 6.07) is 24.0. The van der Waals surface area contributed by atoms with E-state index in [2.05, 4.69) is 22.8 Å². The van der Waals surface area contributed by atoms with E-state index in [1.54, 1.807) is 0 Å². The zero-order valence-electron chi connectivity index (χ0n) is 16.8. The summed E-state index contributed by atoms with van der Waals surface area (Å²) in [4.78, 5) is 13.0. The van der Waals surface area contributed by atoms with Crippen LogP contribution in [0.3, 0.4) is 0 Å². The molecular formula is C26H24N2O2. The van der Waals surface area contributed by atoms with Crippen LogP contribution >= 0.6 is 0 Å². The van der Waals surface area contributed by atoms with Crippen LogP contribution in [0, 0.1) is 5.41 Å². The minimum absolute atomic E-state index is 0.235. The molecule has 5 rings (SSSR count). The minimum atomic E-state index is -0.444. The summed E-state index contributed by atoms with van der Waals surface area (Å²) in [5.74, 6) is 0.530. The Morgan fingerprint density at radius 1 is 0.833 bits per heavy atom. The van der Waals surface area contributed by atoms with E-state index in [1.165, 1.54) is 6.42 Å². The Morgan fingerprint density at radius 2 is 1.47 bits per heavy atom. The molecule has 4 aromatic rings. The van der Waals surface area contributed by atoms with Crippen molar-refractivity contribution >= 4 is 10.8 Å². The first-order chi connectivity index (χ1) is 14.7. The molecule has 2 heterocycles. The molecule has 0 aliphatic heterocycles. The number of nitrogens with one attached hydrogen (secondary N) is 1. The predicted molar refractivity (Wildman–Crippen MR) is 119 cm³/mol. The second kappa shape index (κ2) is 7.79. The highest BCUT2D eigenvalue weighted by Crippen LogP contribution is 2.33. The Balaban J connectivity index is 1.80. The van der Waals surface area contributed by atoms with Crippen LogP contribution in [0.2, 0.25) is 0 Å². The zero-order chi connectivity index (χ0) is 20.5. The van der Waals surface area contributed by atoms with Crippen LogP contribution in [0.15, 0.2) is 82.0 Å². The standard InChI is InChI=1S/C26H24N2O2/c27-25-24-20(17-23(30-26(24)29)19-12-6-2-7-13-19)16-22(18-10-4-1-5-11-18)28(25)21-14-8-3-9-15-21/h1-2,4-7,10-13,16-17,21,27H,3,8-9,14-15H2. The third-order valence-corrected chi connectivity index (χ3v) is 6.08. The minimum Gasteiger partial charge on any atom is -0.422 e. The van der Waals surface area contributed by atoms with Gasteiger partial charge in [-0.2, -0.15) is 0 Å². The van der Waals surface area contributed by atoms with Crippen molar-refractivity contribution in [3.63, 3.8) is 0 Å². The average Bonchev–Trinajstić information content (AvgIpc) is 2.80. The predicted octanol–water partition coefficient (Wildman–Crippen LogP) is 5.91. The lowest BCUT2D eigenvalue weighted by molar-refractivity contribution is 0.346. The number of pyridine rings is 1. The van der Waals surface area contributed by atoms with Crippen LogP contribution in [0.4, 0.5) is 0 Å². The molecule has 1 fully saturated rings. The number of fused-ring (bicyclic) bond motifs is 1. The highest BCUT2D eigenvalue weighted by atomic mass is 16.4. The first-order valence-electron chi connectivity index (χ1n) is 10.6. The van der Waals surface area contributed by atoms with E-state index < -0.39 is 5.63 Å². The largest absolute Gasteiger partial charge is 0.422 e. The number of nitrogens with zero attached hydrogens (tertiary/aromatic N) is 1. The molecule has 150 valence electrons. The van der Waals surface area contributed by atoms with Crippen molar-refractivity contribution in [2.24, 2.45) is 0 Å². The van der Waals surface area contributed by atoms with Crippen molar-refractivity contribution in [1.29, 1.82) is 5.41 Å². The fourth-order valence-corrected chi connectivity index (χ4v) is 4.61. The molecule has 30 heavy (non-hydrogen) atoms. The van der Waals surface area contributed by atoms with Crippen LogP contribution in [0.25, 0.3) is 33.4 Å². The summed E-state index contributed by atoms with van der Waals surface area (Å²) in [5, 5.41) is 10.1. The van der Waals surface area contributed by atoms with Gasteiger partial charge in [-0.3, -0.25) is 5.41 Å². The van der Waals surface area contributed by atoms with Crippen LogP contribution in [0.5, 0.6) is 0 Å². The highest BCUT2D eigenvalue weighted by molar-refractivity contribution is 5.86. The van der Waals surface area contributed by atoms with E-state index >= 15 is 0 Å². The Labute approximate surface area is 174 Å².